The van der Waals surface area contributed by atoms with Gasteiger partial charge in [0.25, 0.3) is 10.0 Å². The Balaban J connectivity index is 1.53. The normalized spacial score (nSPS) is 16.9. The van der Waals surface area contributed by atoms with E-state index >= 15 is 0 Å². The number of benzene rings is 3. The molecule has 0 aromatic heterocycles. The number of ether oxygens (including phenoxy) is 1. The van der Waals surface area contributed by atoms with Gasteiger partial charge in [0.15, 0.2) is 6.61 Å². The van der Waals surface area contributed by atoms with Crippen molar-refractivity contribution in [2.45, 2.75) is 43.9 Å². The van der Waals surface area contributed by atoms with E-state index < -0.39 is 51.7 Å². The standard InChI is InChI=1S/C29H24F6N2O5S/c1-27(2)14-19-11-18(17-3-6-20(7-4-17)29(33,34)35)5-10-24(19)37(15-27)43(39,40)21-8-9-22(23-13-26(38)42-36-23)25(12-21)41-16-28(30,31)32/h3-12H,13-16H2,1-2H3. The van der Waals surface area contributed by atoms with Crippen molar-refractivity contribution >= 4 is 27.4 Å². The number of carbonyl (C=O) groups excluding carboxylic acids is 1. The topological polar surface area (TPSA) is 85.3 Å². The molecule has 3 aromatic rings. The van der Waals surface area contributed by atoms with E-state index in [0.717, 1.165) is 22.5 Å². The third kappa shape index (κ3) is 6.48. The Morgan fingerprint density at radius 2 is 1.63 bits per heavy atom. The fraction of sp³-hybridized carbons (Fsp3) is 0.310. The lowest BCUT2D eigenvalue weighted by Gasteiger charge is -2.40. The zero-order valence-corrected chi connectivity index (χ0v) is 23.5. The van der Waals surface area contributed by atoms with E-state index in [-0.39, 0.29) is 29.1 Å². The highest BCUT2D eigenvalue weighted by Gasteiger charge is 2.38. The van der Waals surface area contributed by atoms with Crippen molar-refractivity contribution < 1.29 is 49.1 Å². The first kappa shape index (κ1) is 30.4. The largest absolute Gasteiger partial charge is 0.483 e. The van der Waals surface area contributed by atoms with Crippen molar-refractivity contribution in [3.8, 4) is 16.9 Å². The molecule has 228 valence electrons. The summed E-state index contributed by atoms with van der Waals surface area (Å²) in [6.45, 7) is 2.02. The average Bonchev–Trinajstić information content (AvgIpc) is 3.35. The quantitative estimate of drug-likeness (QED) is 0.224. The molecule has 2 aliphatic heterocycles. The van der Waals surface area contributed by atoms with Crippen LogP contribution in [0.4, 0.5) is 32.0 Å². The molecule has 0 unspecified atom stereocenters. The first-order chi connectivity index (χ1) is 19.9. The molecular weight excluding hydrogens is 602 g/mol. The number of hydrogen-bond donors (Lipinski definition) is 0. The Morgan fingerprint density at radius 1 is 0.953 bits per heavy atom. The summed E-state index contributed by atoms with van der Waals surface area (Å²) in [6, 6.07) is 12.8. The molecule has 7 nitrogen and oxygen atoms in total. The van der Waals surface area contributed by atoms with E-state index in [1.165, 1.54) is 24.3 Å². The first-order valence-corrected chi connectivity index (χ1v) is 14.3. The number of carbonyl (C=O) groups is 1. The Hall–Kier alpha value is -4.07. The van der Waals surface area contributed by atoms with E-state index in [2.05, 4.69) is 9.99 Å². The van der Waals surface area contributed by atoms with Crippen molar-refractivity contribution in [3.63, 3.8) is 0 Å². The van der Waals surface area contributed by atoms with E-state index in [1.807, 2.05) is 13.8 Å². The van der Waals surface area contributed by atoms with Crippen LogP contribution in [0.15, 0.2) is 70.7 Å². The second-order valence-corrected chi connectivity index (χ2v) is 12.9. The number of hydrogen-bond acceptors (Lipinski definition) is 6. The van der Waals surface area contributed by atoms with Crippen LogP contribution in [0.2, 0.25) is 0 Å². The highest BCUT2D eigenvalue weighted by molar-refractivity contribution is 7.92. The van der Waals surface area contributed by atoms with Gasteiger partial charge in [0.1, 0.15) is 11.5 Å². The Bertz CT molecular complexity index is 1710. The molecular formula is C29H24F6N2O5S. The molecule has 43 heavy (non-hydrogen) atoms. The molecule has 0 atom stereocenters. The van der Waals surface area contributed by atoms with Gasteiger partial charge in [-0.15, -0.1) is 0 Å². The lowest BCUT2D eigenvalue weighted by atomic mass is 9.81. The second kappa shape index (κ2) is 10.6. The van der Waals surface area contributed by atoms with Crippen LogP contribution in [-0.4, -0.2) is 39.4 Å². The van der Waals surface area contributed by atoms with Gasteiger partial charge in [-0.2, -0.15) is 26.3 Å². The number of fused-ring (bicyclic) bond motifs is 1. The van der Waals surface area contributed by atoms with Crippen molar-refractivity contribution in [1.82, 2.24) is 0 Å². The van der Waals surface area contributed by atoms with Gasteiger partial charge >= 0.3 is 18.3 Å². The molecule has 0 fully saturated rings. The van der Waals surface area contributed by atoms with Crippen LogP contribution in [0.1, 0.15) is 37.0 Å². The summed E-state index contributed by atoms with van der Waals surface area (Å²) >= 11 is 0. The summed E-state index contributed by atoms with van der Waals surface area (Å²) < 4.78 is 112. The number of nitrogens with zero attached hydrogens (tertiary/aromatic N) is 2. The average molecular weight is 627 g/mol. The zero-order chi connectivity index (χ0) is 31.4. The molecule has 2 heterocycles. The summed E-state index contributed by atoms with van der Waals surface area (Å²) in [5.41, 5.74) is 0.647. The van der Waals surface area contributed by atoms with Crippen LogP contribution in [0.5, 0.6) is 5.75 Å². The Kier molecular flexibility index (Phi) is 7.48. The van der Waals surface area contributed by atoms with E-state index in [0.29, 0.717) is 28.8 Å². The molecule has 0 saturated carbocycles. The number of alkyl halides is 6. The molecule has 3 aromatic carbocycles. The molecule has 5 rings (SSSR count). The van der Waals surface area contributed by atoms with Crippen LogP contribution in [0.25, 0.3) is 11.1 Å². The highest BCUT2D eigenvalue weighted by Crippen LogP contribution is 2.42. The van der Waals surface area contributed by atoms with Crippen LogP contribution in [0, 0.1) is 5.41 Å². The van der Waals surface area contributed by atoms with Gasteiger partial charge in [-0.05, 0) is 64.9 Å². The van der Waals surface area contributed by atoms with Crippen LogP contribution < -0.4 is 9.04 Å². The van der Waals surface area contributed by atoms with Crippen molar-refractivity contribution in [3.05, 3.63) is 77.4 Å². The zero-order valence-electron chi connectivity index (χ0n) is 22.7. The predicted molar refractivity (Wildman–Crippen MR) is 144 cm³/mol. The smallest absolute Gasteiger partial charge is 0.422 e. The third-order valence-electron chi connectivity index (χ3n) is 6.95. The van der Waals surface area contributed by atoms with Crippen molar-refractivity contribution in [2.75, 3.05) is 17.5 Å². The number of sulfonamides is 1. The molecule has 14 heteroatoms. The second-order valence-electron chi connectivity index (χ2n) is 11.0. The SMILES string of the molecule is CC1(C)Cc2cc(-c3ccc(C(F)(F)F)cc3)ccc2N(S(=O)(=O)c2ccc(C3=NOC(=O)C3)c(OCC(F)(F)F)c2)C1. The summed E-state index contributed by atoms with van der Waals surface area (Å²) in [6.07, 6.45) is -9.09. The van der Waals surface area contributed by atoms with Gasteiger partial charge in [0.05, 0.1) is 22.6 Å². The van der Waals surface area contributed by atoms with E-state index in [1.54, 1.807) is 18.2 Å². The maximum atomic E-state index is 14.0. The monoisotopic (exact) mass is 626 g/mol. The molecule has 0 amide bonds. The maximum absolute atomic E-state index is 14.0. The van der Waals surface area contributed by atoms with Gasteiger partial charge in [0.2, 0.25) is 0 Å². The lowest BCUT2D eigenvalue weighted by molar-refractivity contribution is -0.153. The van der Waals surface area contributed by atoms with Gasteiger partial charge in [-0.25, -0.2) is 13.2 Å². The highest BCUT2D eigenvalue weighted by atomic mass is 32.2. The number of oxime groups is 1. The molecule has 0 radical (unpaired) electrons. The molecule has 0 bridgehead atoms. The summed E-state index contributed by atoms with van der Waals surface area (Å²) in [5.74, 6) is -1.17. The first-order valence-electron chi connectivity index (χ1n) is 12.9. The predicted octanol–water partition coefficient (Wildman–Crippen LogP) is 6.74. The summed E-state index contributed by atoms with van der Waals surface area (Å²) in [7, 11) is -4.36. The summed E-state index contributed by atoms with van der Waals surface area (Å²) in [5, 5.41) is 3.56. The fourth-order valence-electron chi connectivity index (χ4n) is 5.02. The molecule has 0 N–H and O–H groups in total. The van der Waals surface area contributed by atoms with Crippen LogP contribution in [0.3, 0.4) is 0 Å². The van der Waals surface area contributed by atoms with E-state index in [9.17, 15) is 39.6 Å². The van der Waals surface area contributed by atoms with Crippen LogP contribution >= 0.6 is 0 Å². The minimum absolute atomic E-state index is 0.00799. The van der Waals surface area contributed by atoms with E-state index in [4.69, 9.17) is 4.74 Å². The number of rotatable bonds is 6. The Labute approximate surface area is 242 Å². The van der Waals surface area contributed by atoms with Gasteiger partial charge in [-0.3, -0.25) is 4.31 Å². The van der Waals surface area contributed by atoms with Crippen molar-refractivity contribution in [2.24, 2.45) is 10.6 Å². The third-order valence-corrected chi connectivity index (χ3v) is 8.70. The van der Waals surface area contributed by atoms with Gasteiger partial charge in [0, 0.05) is 18.2 Å². The molecule has 2 aliphatic rings. The minimum Gasteiger partial charge on any atom is -0.483 e. The molecule has 0 aliphatic carbocycles. The fourth-order valence-corrected chi connectivity index (χ4v) is 6.73. The molecule has 0 spiro atoms. The number of anilines is 1. The Morgan fingerprint density at radius 3 is 2.23 bits per heavy atom. The maximum Gasteiger partial charge on any atom is 0.422 e. The van der Waals surface area contributed by atoms with Gasteiger partial charge in [-0.1, -0.05) is 37.2 Å². The molecule has 0 saturated heterocycles. The minimum atomic E-state index is -4.73. The number of halogens is 6. The van der Waals surface area contributed by atoms with Crippen molar-refractivity contribution in [1.29, 1.82) is 0 Å². The van der Waals surface area contributed by atoms with Gasteiger partial charge < -0.3 is 9.57 Å². The lowest BCUT2D eigenvalue weighted by Crippen LogP contribution is -2.44. The summed E-state index contributed by atoms with van der Waals surface area (Å²) in [4.78, 5) is 15.7. The van der Waals surface area contributed by atoms with Crippen LogP contribution in [-0.2, 0) is 32.3 Å².